The van der Waals surface area contributed by atoms with E-state index in [4.69, 9.17) is 12.2 Å². The minimum Gasteiger partial charge on any atom is -0.295 e. The van der Waals surface area contributed by atoms with E-state index in [9.17, 15) is 0 Å². The molecule has 2 aromatic rings. The summed E-state index contributed by atoms with van der Waals surface area (Å²) in [6.45, 7) is 6.36. The van der Waals surface area contributed by atoms with Crippen molar-refractivity contribution in [3.05, 3.63) is 32.6 Å². The van der Waals surface area contributed by atoms with Crippen molar-refractivity contribution in [2.24, 2.45) is 0 Å². The zero-order chi connectivity index (χ0) is 12.6. The zero-order valence-corrected chi connectivity index (χ0v) is 13.0. The van der Waals surface area contributed by atoms with Crippen LogP contribution in [0.25, 0.3) is 11.4 Å². The monoisotopic (exact) mass is 359 g/mol. The molecule has 5 heteroatoms. The SMILES string of the molecule is CC(C)(C)n1c(-c2ccc(I)cc2)n[nH]c1=S. The fraction of sp³-hybridized carbons (Fsp3) is 0.333. The maximum absolute atomic E-state index is 5.29. The fourth-order valence-electron chi connectivity index (χ4n) is 1.71. The van der Waals surface area contributed by atoms with Gasteiger partial charge in [0.05, 0.1) is 0 Å². The Kier molecular flexibility index (Phi) is 3.40. The van der Waals surface area contributed by atoms with Gasteiger partial charge in [-0.1, -0.05) is 12.1 Å². The van der Waals surface area contributed by atoms with Gasteiger partial charge in [-0.25, -0.2) is 0 Å². The Bertz CT molecular complexity index is 575. The summed E-state index contributed by atoms with van der Waals surface area (Å²) in [4.78, 5) is 0. The third-order valence-corrected chi connectivity index (χ3v) is 3.44. The second-order valence-electron chi connectivity index (χ2n) is 4.87. The first-order chi connectivity index (χ1) is 7.89. The molecule has 0 unspecified atom stereocenters. The van der Waals surface area contributed by atoms with Crippen LogP contribution in [0.1, 0.15) is 20.8 Å². The summed E-state index contributed by atoms with van der Waals surface area (Å²) in [7, 11) is 0. The van der Waals surface area contributed by atoms with E-state index in [-0.39, 0.29) is 5.54 Å². The highest BCUT2D eigenvalue weighted by atomic mass is 127. The van der Waals surface area contributed by atoms with Crippen LogP contribution in [0.2, 0.25) is 0 Å². The van der Waals surface area contributed by atoms with Gasteiger partial charge >= 0.3 is 0 Å². The molecule has 0 aliphatic heterocycles. The maximum atomic E-state index is 5.29. The lowest BCUT2D eigenvalue weighted by molar-refractivity contribution is 0.395. The number of hydrogen-bond acceptors (Lipinski definition) is 2. The van der Waals surface area contributed by atoms with Gasteiger partial charge in [-0.3, -0.25) is 9.67 Å². The van der Waals surface area contributed by atoms with Crippen molar-refractivity contribution in [3.63, 3.8) is 0 Å². The summed E-state index contributed by atoms with van der Waals surface area (Å²) < 4.78 is 3.92. The second-order valence-corrected chi connectivity index (χ2v) is 6.50. The van der Waals surface area contributed by atoms with Gasteiger partial charge in [0, 0.05) is 14.7 Å². The van der Waals surface area contributed by atoms with E-state index in [2.05, 4.69) is 77.8 Å². The van der Waals surface area contributed by atoms with E-state index in [0.29, 0.717) is 4.77 Å². The summed E-state index contributed by atoms with van der Waals surface area (Å²) in [6.07, 6.45) is 0. The second kappa shape index (κ2) is 4.53. The number of aromatic nitrogens is 3. The number of nitrogens with one attached hydrogen (secondary N) is 1. The van der Waals surface area contributed by atoms with Gasteiger partial charge in [0.25, 0.3) is 0 Å². The van der Waals surface area contributed by atoms with Crippen LogP contribution in [-0.4, -0.2) is 14.8 Å². The number of aromatic amines is 1. The average molecular weight is 359 g/mol. The molecule has 90 valence electrons. The van der Waals surface area contributed by atoms with E-state index in [1.165, 1.54) is 3.57 Å². The molecule has 0 saturated heterocycles. The standard InChI is InChI=1S/C12H14IN3S/c1-12(2,3)16-10(14-15-11(16)17)8-4-6-9(13)7-5-8/h4-7H,1-3H3,(H,15,17). The predicted octanol–water partition coefficient (Wildman–Crippen LogP) is 3.97. The zero-order valence-electron chi connectivity index (χ0n) is 9.99. The topological polar surface area (TPSA) is 33.6 Å². The molecule has 0 saturated carbocycles. The van der Waals surface area contributed by atoms with Crippen molar-refractivity contribution in [2.75, 3.05) is 0 Å². The van der Waals surface area contributed by atoms with Crippen molar-refractivity contribution in [3.8, 4) is 11.4 Å². The summed E-state index contributed by atoms with van der Waals surface area (Å²) in [6, 6.07) is 8.27. The molecule has 2 rings (SSSR count). The van der Waals surface area contributed by atoms with E-state index in [0.717, 1.165) is 11.4 Å². The van der Waals surface area contributed by atoms with E-state index in [1.807, 2.05) is 4.57 Å². The molecule has 0 aliphatic rings. The molecule has 0 spiro atoms. The minimum atomic E-state index is -0.0809. The predicted molar refractivity (Wildman–Crippen MR) is 80.6 cm³/mol. The third kappa shape index (κ3) is 2.60. The summed E-state index contributed by atoms with van der Waals surface area (Å²) in [5.41, 5.74) is 0.996. The van der Waals surface area contributed by atoms with Gasteiger partial charge in [0.15, 0.2) is 10.6 Å². The summed E-state index contributed by atoms with van der Waals surface area (Å²) >= 11 is 7.58. The number of hydrogen-bond donors (Lipinski definition) is 1. The van der Waals surface area contributed by atoms with Crippen LogP contribution in [0.15, 0.2) is 24.3 Å². The van der Waals surface area contributed by atoms with E-state index >= 15 is 0 Å². The Labute approximate surface area is 119 Å². The van der Waals surface area contributed by atoms with Gasteiger partial charge in [0.1, 0.15) is 0 Å². The van der Waals surface area contributed by atoms with Gasteiger partial charge in [-0.05, 0) is 67.7 Å². The lowest BCUT2D eigenvalue weighted by Gasteiger charge is -2.22. The van der Waals surface area contributed by atoms with Crippen molar-refractivity contribution >= 4 is 34.8 Å². The molecule has 1 aromatic heterocycles. The molecule has 0 fully saturated rings. The minimum absolute atomic E-state index is 0.0809. The molecular formula is C12H14IN3S. The Hall–Kier alpha value is -0.690. The Morgan fingerprint density at radius 1 is 1.24 bits per heavy atom. The fourth-order valence-corrected chi connectivity index (χ4v) is 2.48. The molecule has 0 radical (unpaired) electrons. The van der Waals surface area contributed by atoms with Crippen LogP contribution in [0, 0.1) is 8.34 Å². The van der Waals surface area contributed by atoms with Crippen molar-refractivity contribution in [1.82, 2.24) is 14.8 Å². The lowest BCUT2D eigenvalue weighted by Crippen LogP contribution is -2.22. The molecule has 1 heterocycles. The number of nitrogens with zero attached hydrogens (tertiary/aromatic N) is 2. The van der Waals surface area contributed by atoms with Crippen molar-refractivity contribution in [1.29, 1.82) is 0 Å². The van der Waals surface area contributed by atoms with Gasteiger partial charge in [0.2, 0.25) is 0 Å². The molecule has 0 aliphatic carbocycles. The van der Waals surface area contributed by atoms with E-state index in [1.54, 1.807) is 0 Å². The van der Waals surface area contributed by atoms with Gasteiger partial charge in [-0.15, -0.1) is 0 Å². The lowest BCUT2D eigenvalue weighted by atomic mass is 10.1. The first-order valence-electron chi connectivity index (χ1n) is 5.33. The number of benzene rings is 1. The normalized spacial score (nSPS) is 11.8. The van der Waals surface area contributed by atoms with Crippen LogP contribution < -0.4 is 0 Å². The molecule has 0 atom stereocenters. The molecule has 0 amide bonds. The first kappa shape index (κ1) is 12.8. The third-order valence-electron chi connectivity index (χ3n) is 2.45. The number of halogens is 1. The number of rotatable bonds is 1. The Balaban J connectivity index is 2.61. The van der Waals surface area contributed by atoms with Crippen molar-refractivity contribution in [2.45, 2.75) is 26.3 Å². The van der Waals surface area contributed by atoms with Crippen molar-refractivity contribution < 1.29 is 0 Å². The molecular weight excluding hydrogens is 345 g/mol. The smallest absolute Gasteiger partial charge is 0.195 e. The van der Waals surface area contributed by atoms with Crippen LogP contribution >= 0.6 is 34.8 Å². The summed E-state index contributed by atoms with van der Waals surface area (Å²) in [5.74, 6) is 0.888. The summed E-state index contributed by atoms with van der Waals surface area (Å²) in [5, 5.41) is 7.20. The van der Waals surface area contributed by atoms with Gasteiger partial charge < -0.3 is 0 Å². The largest absolute Gasteiger partial charge is 0.295 e. The molecule has 1 aromatic carbocycles. The molecule has 0 bridgehead atoms. The van der Waals surface area contributed by atoms with E-state index < -0.39 is 0 Å². The quantitative estimate of drug-likeness (QED) is 0.618. The van der Waals surface area contributed by atoms with Crippen LogP contribution in [0.5, 0.6) is 0 Å². The van der Waals surface area contributed by atoms with Gasteiger partial charge in [-0.2, -0.15) is 5.10 Å². The molecule has 1 N–H and O–H groups in total. The average Bonchev–Trinajstić information content (AvgIpc) is 2.61. The number of H-pyrrole nitrogens is 1. The first-order valence-corrected chi connectivity index (χ1v) is 6.82. The molecule has 3 nitrogen and oxygen atoms in total. The maximum Gasteiger partial charge on any atom is 0.195 e. The van der Waals surface area contributed by atoms with Crippen LogP contribution in [-0.2, 0) is 5.54 Å². The Morgan fingerprint density at radius 3 is 2.35 bits per heavy atom. The highest BCUT2D eigenvalue weighted by Crippen LogP contribution is 2.24. The highest BCUT2D eigenvalue weighted by molar-refractivity contribution is 14.1. The Morgan fingerprint density at radius 2 is 1.82 bits per heavy atom. The van der Waals surface area contributed by atoms with Crippen LogP contribution in [0.3, 0.4) is 0 Å². The van der Waals surface area contributed by atoms with Crippen LogP contribution in [0.4, 0.5) is 0 Å². The highest BCUT2D eigenvalue weighted by Gasteiger charge is 2.20. The molecule has 17 heavy (non-hydrogen) atoms.